The molecule has 2 aromatic carbocycles. The third-order valence-electron chi connectivity index (χ3n) is 6.78. The highest BCUT2D eigenvalue weighted by Crippen LogP contribution is 2.50. The summed E-state index contributed by atoms with van der Waals surface area (Å²) in [6.07, 6.45) is -1.92. The maximum atomic E-state index is 11.8. The summed E-state index contributed by atoms with van der Waals surface area (Å²) < 4.78 is 38.6. The monoisotopic (exact) mass is 516 g/mol. The first-order valence-corrected chi connectivity index (χ1v) is 12.1. The van der Waals surface area contributed by atoms with Gasteiger partial charge >= 0.3 is 11.9 Å². The van der Waals surface area contributed by atoms with Gasteiger partial charge in [0.2, 0.25) is 0 Å². The van der Waals surface area contributed by atoms with E-state index < -0.39 is 24.1 Å². The molecule has 6 atom stereocenters. The summed E-state index contributed by atoms with van der Waals surface area (Å²) in [6.45, 7) is 7.54. The summed E-state index contributed by atoms with van der Waals surface area (Å²) >= 11 is 0. The lowest BCUT2D eigenvalue weighted by Crippen LogP contribution is -2.25. The summed E-state index contributed by atoms with van der Waals surface area (Å²) in [6, 6.07) is 11.1. The molecular formula is C28H36O9. The molecule has 202 valence electrons. The Bertz CT molecular complexity index is 1010. The van der Waals surface area contributed by atoms with Gasteiger partial charge in [-0.15, -0.1) is 0 Å². The number of hydrogen-bond acceptors (Lipinski definition) is 9. The number of benzene rings is 2. The van der Waals surface area contributed by atoms with Crippen LogP contribution in [0.3, 0.4) is 0 Å². The highest BCUT2D eigenvalue weighted by Gasteiger charge is 2.41. The van der Waals surface area contributed by atoms with E-state index in [-0.39, 0.29) is 24.0 Å². The molecule has 9 heteroatoms. The standard InChI is InChI=1S/C28H36O9/c1-15-16(2)26(20-10-12-22(24(14-20)32-6)36-18(4)28(30)34-8)37-25(15)19-9-11-21(23(13-19)31-5)35-17(3)27(29)33-7/h9-18,25-26H,1-8H3/t15-,16-,17-,18-,25+,26+/m1/s1. The highest BCUT2D eigenvalue weighted by atomic mass is 16.6. The van der Waals surface area contributed by atoms with Gasteiger partial charge in [0.05, 0.1) is 40.6 Å². The van der Waals surface area contributed by atoms with E-state index in [1.165, 1.54) is 14.2 Å². The second kappa shape index (κ2) is 12.2. The predicted octanol–water partition coefficient (Wildman–Crippen LogP) is 4.67. The number of methoxy groups -OCH3 is 4. The molecule has 9 nitrogen and oxygen atoms in total. The van der Waals surface area contributed by atoms with E-state index >= 15 is 0 Å². The fourth-order valence-corrected chi connectivity index (χ4v) is 4.45. The molecule has 0 unspecified atom stereocenters. The van der Waals surface area contributed by atoms with Crippen LogP contribution >= 0.6 is 0 Å². The quantitative estimate of drug-likeness (QED) is 0.417. The Morgan fingerprint density at radius 1 is 0.676 bits per heavy atom. The Labute approximate surface area is 217 Å². The third kappa shape index (κ3) is 6.10. The lowest BCUT2D eigenvalue weighted by Gasteiger charge is -2.20. The van der Waals surface area contributed by atoms with Gasteiger partial charge < -0.3 is 33.2 Å². The average Bonchev–Trinajstić information content (AvgIpc) is 3.21. The molecule has 0 radical (unpaired) electrons. The van der Waals surface area contributed by atoms with E-state index in [2.05, 4.69) is 13.8 Å². The van der Waals surface area contributed by atoms with Crippen molar-refractivity contribution in [3.63, 3.8) is 0 Å². The largest absolute Gasteiger partial charge is 0.493 e. The molecule has 0 aromatic heterocycles. The summed E-state index contributed by atoms with van der Waals surface area (Å²) in [5.41, 5.74) is 1.88. The van der Waals surface area contributed by atoms with Crippen molar-refractivity contribution < 1.29 is 42.7 Å². The summed E-state index contributed by atoms with van der Waals surface area (Å²) in [4.78, 5) is 23.5. The van der Waals surface area contributed by atoms with Crippen molar-refractivity contribution in [2.75, 3.05) is 28.4 Å². The van der Waals surface area contributed by atoms with Crippen LogP contribution in [0.1, 0.15) is 51.0 Å². The molecule has 3 rings (SSSR count). The van der Waals surface area contributed by atoms with E-state index in [4.69, 9.17) is 33.2 Å². The smallest absolute Gasteiger partial charge is 0.346 e. The van der Waals surface area contributed by atoms with Gasteiger partial charge in [0.15, 0.2) is 35.2 Å². The Morgan fingerprint density at radius 3 is 1.38 bits per heavy atom. The fraction of sp³-hybridized carbons (Fsp3) is 0.500. The Morgan fingerprint density at radius 2 is 1.05 bits per heavy atom. The van der Waals surface area contributed by atoms with Crippen molar-refractivity contribution >= 4 is 11.9 Å². The van der Waals surface area contributed by atoms with Crippen molar-refractivity contribution in [1.29, 1.82) is 0 Å². The van der Waals surface area contributed by atoms with Crippen molar-refractivity contribution in [2.45, 2.75) is 52.1 Å². The molecule has 0 saturated carbocycles. The second-order valence-electron chi connectivity index (χ2n) is 9.08. The van der Waals surface area contributed by atoms with E-state index in [0.29, 0.717) is 23.0 Å². The van der Waals surface area contributed by atoms with Crippen molar-refractivity contribution in [3.05, 3.63) is 47.5 Å². The molecule has 0 amide bonds. The normalized spacial score (nSPS) is 22.5. The first-order valence-electron chi connectivity index (χ1n) is 12.1. The molecule has 37 heavy (non-hydrogen) atoms. The van der Waals surface area contributed by atoms with Crippen molar-refractivity contribution in [3.8, 4) is 23.0 Å². The Hall–Kier alpha value is -3.46. The minimum atomic E-state index is -0.770. The van der Waals surface area contributed by atoms with Crippen LogP contribution in [0.2, 0.25) is 0 Å². The predicted molar refractivity (Wildman–Crippen MR) is 135 cm³/mol. The maximum Gasteiger partial charge on any atom is 0.346 e. The van der Waals surface area contributed by atoms with Crippen LogP contribution in [0, 0.1) is 11.8 Å². The van der Waals surface area contributed by atoms with Crippen LogP contribution in [0.5, 0.6) is 23.0 Å². The zero-order valence-corrected chi connectivity index (χ0v) is 22.6. The molecule has 0 spiro atoms. The van der Waals surface area contributed by atoms with Crippen LogP contribution in [0.15, 0.2) is 36.4 Å². The highest BCUT2D eigenvalue weighted by molar-refractivity contribution is 5.75. The van der Waals surface area contributed by atoms with Crippen molar-refractivity contribution in [1.82, 2.24) is 0 Å². The molecule has 0 N–H and O–H groups in total. The lowest BCUT2D eigenvalue weighted by atomic mass is 9.85. The first kappa shape index (κ1) is 28.1. The SMILES string of the molecule is COC(=O)[C@@H](C)Oc1ccc([C@H]2O[C@H](c3ccc(O[C@H](C)C(=O)OC)c(OC)c3)[C@H](C)[C@H]2C)cc1OC. The number of hydrogen-bond donors (Lipinski definition) is 0. The Balaban J connectivity index is 1.82. The van der Waals surface area contributed by atoms with E-state index in [9.17, 15) is 9.59 Å². The van der Waals surface area contributed by atoms with Crippen LogP contribution in [0.4, 0.5) is 0 Å². The topological polar surface area (TPSA) is 98.8 Å². The number of esters is 2. The van der Waals surface area contributed by atoms with Crippen LogP contribution in [-0.4, -0.2) is 52.6 Å². The molecule has 1 heterocycles. The van der Waals surface area contributed by atoms with Crippen LogP contribution < -0.4 is 18.9 Å². The van der Waals surface area contributed by atoms with Gasteiger partial charge in [0.1, 0.15) is 0 Å². The van der Waals surface area contributed by atoms with E-state index in [0.717, 1.165) is 11.1 Å². The molecule has 0 aliphatic carbocycles. The van der Waals surface area contributed by atoms with E-state index in [1.54, 1.807) is 40.2 Å². The number of rotatable bonds is 10. The Kier molecular flexibility index (Phi) is 9.26. The molecule has 1 saturated heterocycles. The van der Waals surface area contributed by atoms with Crippen LogP contribution in [-0.2, 0) is 23.8 Å². The lowest BCUT2D eigenvalue weighted by molar-refractivity contribution is -0.148. The summed E-state index contributed by atoms with van der Waals surface area (Å²) in [5.74, 6) is 1.34. The molecule has 1 fully saturated rings. The van der Waals surface area contributed by atoms with Crippen molar-refractivity contribution in [2.24, 2.45) is 11.8 Å². The minimum absolute atomic E-state index is 0.191. The molecule has 1 aliphatic rings. The van der Waals surface area contributed by atoms with Gasteiger partial charge in [-0.3, -0.25) is 0 Å². The van der Waals surface area contributed by atoms with Crippen LogP contribution in [0.25, 0.3) is 0 Å². The van der Waals surface area contributed by atoms with Gasteiger partial charge in [-0.1, -0.05) is 26.0 Å². The second-order valence-corrected chi connectivity index (χ2v) is 9.08. The van der Waals surface area contributed by atoms with E-state index in [1.807, 2.05) is 24.3 Å². The third-order valence-corrected chi connectivity index (χ3v) is 6.78. The minimum Gasteiger partial charge on any atom is -0.493 e. The zero-order valence-electron chi connectivity index (χ0n) is 22.6. The van der Waals surface area contributed by atoms with Gasteiger partial charge in [-0.05, 0) is 61.1 Å². The maximum absolute atomic E-state index is 11.8. The molecule has 2 aromatic rings. The average molecular weight is 517 g/mol. The van der Waals surface area contributed by atoms with Gasteiger partial charge in [-0.25, -0.2) is 9.59 Å². The van der Waals surface area contributed by atoms with Gasteiger partial charge in [0, 0.05) is 0 Å². The van der Waals surface area contributed by atoms with Gasteiger partial charge in [-0.2, -0.15) is 0 Å². The molecule has 0 bridgehead atoms. The summed E-state index contributed by atoms with van der Waals surface area (Å²) in [5, 5.41) is 0. The fourth-order valence-electron chi connectivity index (χ4n) is 4.45. The zero-order chi connectivity index (χ0) is 27.3. The molecule has 1 aliphatic heterocycles. The first-order chi connectivity index (χ1) is 17.6. The molecular weight excluding hydrogens is 480 g/mol. The summed E-state index contributed by atoms with van der Waals surface area (Å²) in [7, 11) is 5.74. The van der Waals surface area contributed by atoms with Gasteiger partial charge in [0.25, 0.3) is 0 Å². The number of ether oxygens (including phenoxy) is 7. The number of carbonyl (C=O) groups excluding carboxylic acids is 2. The number of carbonyl (C=O) groups is 2.